The third-order valence-corrected chi connectivity index (χ3v) is 2.53. The van der Waals surface area contributed by atoms with Crippen molar-refractivity contribution in [1.29, 1.82) is 5.26 Å². The van der Waals surface area contributed by atoms with E-state index >= 15 is 0 Å². The number of benzene rings is 1. The molecule has 1 unspecified atom stereocenters. The zero-order chi connectivity index (χ0) is 13.0. The molecule has 0 aromatic heterocycles. The number of carbonyl (C=O) groups excluding carboxylic acids is 1. The first-order valence-electron chi connectivity index (χ1n) is 5.26. The highest BCUT2D eigenvalue weighted by Gasteiger charge is 2.13. The Morgan fingerprint density at radius 1 is 1.59 bits per heavy atom. The van der Waals surface area contributed by atoms with Crippen LogP contribution < -0.4 is 16.4 Å². The highest BCUT2D eigenvalue weighted by atomic mass is 16.1. The summed E-state index contributed by atoms with van der Waals surface area (Å²) in [6.07, 6.45) is 0. The summed E-state index contributed by atoms with van der Waals surface area (Å²) in [5, 5.41) is 8.76. The lowest BCUT2D eigenvalue weighted by Gasteiger charge is -2.22. The van der Waals surface area contributed by atoms with Gasteiger partial charge in [0.15, 0.2) is 0 Å². The third kappa shape index (κ3) is 2.88. The average Bonchev–Trinajstić information content (AvgIpc) is 2.28. The Morgan fingerprint density at radius 2 is 2.24 bits per heavy atom. The lowest BCUT2D eigenvalue weighted by molar-refractivity contribution is 0.100. The summed E-state index contributed by atoms with van der Waals surface area (Å²) in [7, 11) is 1.82. The van der Waals surface area contributed by atoms with Crippen molar-refractivity contribution in [2.24, 2.45) is 11.7 Å². The zero-order valence-electron chi connectivity index (χ0n) is 9.97. The molecule has 0 spiro atoms. The molecule has 17 heavy (non-hydrogen) atoms. The number of amides is 1. The van der Waals surface area contributed by atoms with Crippen LogP contribution >= 0.6 is 0 Å². The van der Waals surface area contributed by atoms with E-state index in [9.17, 15) is 4.79 Å². The van der Waals surface area contributed by atoms with E-state index in [1.165, 1.54) is 0 Å². The predicted molar refractivity (Wildman–Crippen MR) is 67.4 cm³/mol. The van der Waals surface area contributed by atoms with Crippen LogP contribution in [0.15, 0.2) is 18.2 Å². The van der Waals surface area contributed by atoms with Crippen molar-refractivity contribution in [3.63, 3.8) is 0 Å². The van der Waals surface area contributed by atoms with Crippen molar-refractivity contribution < 1.29 is 4.79 Å². The normalized spacial score (nSPS) is 11.6. The first kappa shape index (κ1) is 12.8. The van der Waals surface area contributed by atoms with Crippen LogP contribution in [0, 0.1) is 17.2 Å². The van der Waals surface area contributed by atoms with E-state index in [1.54, 1.807) is 18.2 Å². The Bertz CT molecular complexity index is 464. The van der Waals surface area contributed by atoms with Crippen LogP contribution in [0.5, 0.6) is 0 Å². The topological polar surface area (TPSA) is 96.1 Å². The second-order valence-corrected chi connectivity index (χ2v) is 4.01. The molecule has 1 amide bonds. The van der Waals surface area contributed by atoms with Crippen molar-refractivity contribution in [3.8, 4) is 6.07 Å². The maximum atomic E-state index is 11.1. The van der Waals surface area contributed by atoms with Crippen LogP contribution in [0.2, 0.25) is 0 Å². The minimum atomic E-state index is -0.550. The van der Waals surface area contributed by atoms with Crippen LogP contribution in [-0.2, 0) is 0 Å². The van der Waals surface area contributed by atoms with Crippen molar-refractivity contribution in [2.75, 3.05) is 24.2 Å². The molecule has 0 saturated heterocycles. The number of primary amides is 1. The van der Waals surface area contributed by atoms with Gasteiger partial charge in [-0.25, -0.2) is 0 Å². The fraction of sp³-hybridized carbons (Fsp3) is 0.333. The van der Waals surface area contributed by atoms with E-state index in [-0.39, 0.29) is 5.92 Å². The SMILES string of the molecule is CC(C#N)CN(C)c1cccc(C(N)=O)c1N. The molecule has 0 radical (unpaired) electrons. The van der Waals surface area contributed by atoms with Gasteiger partial charge < -0.3 is 16.4 Å². The standard InChI is InChI=1S/C12H16N4O/c1-8(6-13)7-16(2)10-5-3-4-9(11(10)14)12(15)17/h3-5,8H,7,14H2,1-2H3,(H2,15,17). The number of hydrogen-bond acceptors (Lipinski definition) is 4. The van der Waals surface area contributed by atoms with Crippen molar-refractivity contribution >= 4 is 17.3 Å². The van der Waals surface area contributed by atoms with E-state index in [0.717, 1.165) is 0 Å². The first-order chi connectivity index (χ1) is 7.97. The first-order valence-corrected chi connectivity index (χ1v) is 5.26. The molecule has 0 aliphatic heterocycles. The molecular formula is C12H16N4O. The predicted octanol–water partition coefficient (Wildman–Crippen LogP) is 0.964. The Morgan fingerprint density at radius 3 is 2.76 bits per heavy atom. The summed E-state index contributed by atoms with van der Waals surface area (Å²) in [5.74, 6) is -0.664. The van der Waals surface area contributed by atoms with Crippen molar-refractivity contribution in [2.45, 2.75) is 6.92 Å². The van der Waals surface area contributed by atoms with Gasteiger partial charge in [-0.3, -0.25) is 4.79 Å². The number of nitrogen functional groups attached to an aromatic ring is 1. The molecule has 0 aliphatic carbocycles. The fourth-order valence-corrected chi connectivity index (χ4v) is 1.65. The number of carbonyl (C=O) groups is 1. The van der Waals surface area contributed by atoms with Crippen LogP contribution in [0.3, 0.4) is 0 Å². The molecular weight excluding hydrogens is 216 g/mol. The molecule has 0 aliphatic rings. The van der Waals surface area contributed by atoms with Crippen LogP contribution in [0.4, 0.5) is 11.4 Å². The zero-order valence-corrected chi connectivity index (χ0v) is 9.97. The Labute approximate surface area is 101 Å². The Balaban J connectivity index is 3.03. The summed E-state index contributed by atoms with van der Waals surface area (Å²) in [6, 6.07) is 7.25. The number of rotatable bonds is 4. The number of nitriles is 1. The monoisotopic (exact) mass is 232 g/mol. The molecule has 0 heterocycles. The Hall–Kier alpha value is -2.22. The van der Waals surface area contributed by atoms with E-state index in [4.69, 9.17) is 16.7 Å². The number of nitrogens with zero attached hydrogens (tertiary/aromatic N) is 2. The summed E-state index contributed by atoms with van der Waals surface area (Å²) < 4.78 is 0. The van der Waals surface area contributed by atoms with Gasteiger partial charge in [-0.1, -0.05) is 6.07 Å². The fourth-order valence-electron chi connectivity index (χ4n) is 1.65. The second-order valence-electron chi connectivity index (χ2n) is 4.01. The number of para-hydroxylation sites is 1. The van der Waals surface area contributed by atoms with Crippen LogP contribution in [0.25, 0.3) is 0 Å². The highest BCUT2D eigenvalue weighted by Crippen LogP contribution is 2.26. The van der Waals surface area contributed by atoms with Gasteiger partial charge in [-0.2, -0.15) is 5.26 Å². The largest absolute Gasteiger partial charge is 0.396 e. The number of hydrogen-bond donors (Lipinski definition) is 2. The molecule has 4 N–H and O–H groups in total. The summed E-state index contributed by atoms with van der Waals surface area (Å²) in [5.41, 5.74) is 12.5. The molecule has 1 aromatic carbocycles. The highest BCUT2D eigenvalue weighted by molar-refractivity contribution is 6.00. The maximum absolute atomic E-state index is 11.1. The van der Waals surface area contributed by atoms with Gasteiger partial charge in [0.05, 0.1) is 28.9 Å². The van der Waals surface area contributed by atoms with Crippen molar-refractivity contribution in [1.82, 2.24) is 0 Å². The van der Waals surface area contributed by atoms with Gasteiger partial charge in [-0.05, 0) is 19.1 Å². The second kappa shape index (κ2) is 5.21. The molecule has 5 heteroatoms. The maximum Gasteiger partial charge on any atom is 0.250 e. The quantitative estimate of drug-likeness (QED) is 0.756. The Kier molecular flexibility index (Phi) is 3.94. The average molecular weight is 232 g/mol. The third-order valence-electron chi connectivity index (χ3n) is 2.53. The molecule has 90 valence electrons. The van der Waals surface area contributed by atoms with Crippen LogP contribution in [-0.4, -0.2) is 19.5 Å². The van der Waals surface area contributed by atoms with Gasteiger partial charge in [0.2, 0.25) is 0 Å². The molecule has 1 atom stereocenters. The lowest BCUT2D eigenvalue weighted by atomic mass is 10.1. The lowest BCUT2D eigenvalue weighted by Crippen LogP contribution is -2.25. The van der Waals surface area contributed by atoms with E-state index in [0.29, 0.717) is 23.5 Å². The molecule has 5 nitrogen and oxygen atoms in total. The van der Waals surface area contributed by atoms with Gasteiger partial charge in [0.1, 0.15) is 0 Å². The van der Waals surface area contributed by atoms with E-state index in [2.05, 4.69) is 6.07 Å². The molecule has 0 bridgehead atoms. The summed E-state index contributed by atoms with van der Waals surface area (Å²) in [4.78, 5) is 13.0. The minimum Gasteiger partial charge on any atom is -0.396 e. The minimum absolute atomic E-state index is 0.114. The number of anilines is 2. The smallest absolute Gasteiger partial charge is 0.250 e. The van der Waals surface area contributed by atoms with E-state index < -0.39 is 5.91 Å². The summed E-state index contributed by atoms with van der Waals surface area (Å²) >= 11 is 0. The van der Waals surface area contributed by atoms with Crippen LogP contribution in [0.1, 0.15) is 17.3 Å². The van der Waals surface area contributed by atoms with E-state index in [1.807, 2.05) is 18.9 Å². The van der Waals surface area contributed by atoms with Gasteiger partial charge >= 0.3 is 0 Å². The molecule has 1 aromatic rings. The van der Waals surface area contributed by atoms with Crippen molar-refractivity contribution in [3.05, 3.63) is 23.8 Å². The van der Waals surface area contributed by atoms with Gasteiger partial charge in [-0.15, -0.1) is 0 Å². The van der Waals surface area contributed by atoms with Gasteiger partial charge in [0.25, 0.3) is 5.91 Å². The molecule has 1 rings (SSSR count). The number of nitrogens with two attached hydrogens (primary N) is 2. The molecule has 0 saturated carbocycles. The van der Waals surface area contributed by atoms with Gasteiger partial charge in [0, 0.05) is 13.6 Å². The summed E-state index contributed by atoms with van der Waals surface area (Å²) in [6.45, 7) is 2.37. The molecule has 0 fully saturated rings.